The van der Waals surface area contributed by atoms with Gasteiger partial charge in [-0.25, -0.2) is 0 Å². The van der Waals surface area contributed by atoms with E-state index in [0.29, 0.717) is 0 Å². The van der Waals surface area contributed by atoms with Gasteiger partial charge in [0.15, 0.2) is 0 Å². The maximum atomic E-state index is 2.77. The Balaban J connectivity index is 3.02. The van der Waals surface area contributed by atoms with E-state index in [0.717, 1.165) is 0 Å². The van der Waals surface area contributed by atoms with Crippen LogP contribution >= 0.6 is 5.59 Å². The van der Waals surface area contributed by atoms with Crippen molar-refractivity contribution in [2.45, 2.75) is 0 Å². The Morgan fingerprint density at radius 3 is 1.20 bits per heavy atom. The Hall–Kier alpha value is 1.05. The van der Waals surface area contributed by atoms with Gasteiger partial charge in [-0.15, -0.1) is 0 Å². The van der Waals surface area contributed by atoms with Gasteiger partial charge in [-0.3, -0.25) is 0 Å². The van der Waals surface area contributed by atoms with Crippen molar-refractivity contribution in [2.24, 2.45) is 0 Å². The summed E-state index contributed by atoms with van der Waals surface area (Å²) in [7, 11) is 0. The molecule has 0 aliphatic heterocycles. The van der Waals surface area contributed by atoms with Crippen molar-refractivity contribution in [3.8, 4) is 0 Å². The van der Waals surface area contributed by atoms with Crippen LogP contribution in [0.3, 0.4) is 0 Å². The standard InChI is InChI=1S/C3H9P.Ru/c1-4(2)3;/h1-3H3;/q;-1/p+1. The zero-order valence-electron chi connectivity index (χ0n) is 3.85. The molecule has 0 unspecified atom stereocenters. The fourth-order valence-corrected chi connectivity index (χ4v) is 0. The normalized spacial score (nSPS) is 15.2. The van der Waals surface area contributed by atoms with Crippen LogP contribution < -0.4 is 0 Å². The third-order valence-corrected chi connectivity index (χ3v) is 0. The van der Waals surface area contributed by atoms with E-state index in [2.05, 4.69) is 37.8 Å². The average molecular weight is 178 g/mol. The third kappa shape index (κ3) is 42.5. The molecule has 0 atom stereocenters. The van der Waals surface area contributed by atoms with Gasteiger partial charge in [0.25, 0.3) is 0 Å². The van der Waals surface area contributed by atoms with Crippen LogP contribution in [0.25, 0.3) is 0 Å². The van der Waals surface area contributed by atoms with Crippen LogP contribution in [-0.2, 0) is 17.8 Å². The van der Waals surface area contributed by atoms with Crippen molar-refractivity contribution in [2.75, 3.05) is 20.0 Å². The molecule has 0 spiro atoms. The molecule has 0 radical (unpaired) electrons. The Morgan fingerprint density at radius 2 is 1.20 bits per heavy atom. The molecule has 0 bridgehead atoms. The van der Waals surface area contributed by atoms with Crippen molar-refractivity contribution in [1.29, 1.82) is 0 Å². The molecule has 35 valence electrons. The van der Waals surface area contributed by atoms with E-state index in [1.807, 2.05) is 0 Å². The van der Waals surface area contributed by atoms with E-state index in [1.54, 1.807) is 0 Å². The van der Waals surface area contributed by atoms with E-state index < -0.39 is 5.59 Å². The van der Waals surface area contributed by atoms with Crippen molar-refractivity contribution in [3.05, 3.63) is 0 Å². The minimum atomic E-state index is -0.681. The predicted octanol–water partition coefficient (Wildman–Crippen LogP) is 1.09. The van der Waals surface area contributed by atoms with E-state index in [-0.39, 0.29) is 0 Å². The van der Waals surface area contributed by atoms with Gasteiger partial charge >= 0.3 is 43.4 Å². The monoisotopic (exact) mass is 179 g/mol. The fourth-order valence-electron chi connectivity index (χ4n) is 0. The van der Waals surface area contributed by atoms with E-state index in [4.69, 9.17) is 0 Å². The summed E-state index contributed by atoms with van der Waals surface area (Å²) in [4.78, 5) is 0. The van der Waals surface area contributed by atoms with E-state index >= 15 is 0 Å². The molecule has 2 heteroatoms. The first-order valence-corrected chi connectivity index (χ1v) is 7.64. The average Bonchev–Trinajstić information content (AvgIpc) is 0.722. The second-order valence-electron chi connectivity index (χ2n) is 2.03. The predicted molar refractivity (Wildman–Crippen MR) is 26.1 cm³/mol. The van der Waals surface area contributed by atoms with Crippen LogP contribution in [0.1, 0.15) is 0 Å². The Labute approximate surface area is 43.9 Å². The molecular formula is C3H10PRu. The van der Waals surface area contributed by atoms with Crippen molar-refractivity contribution < 1.29 is 17.8 Å². The first kappa shape index (κ1) is 6.05. The van der Waals surface area contributed by atoms with Crippen LogP contribution in [0, 0.1) is 0 Å². The summed E-state index contributed by atoms with van der Waals surface area (Å²) in [5.74, 6) is 0. The van der Waals surface area contributed by atoms with E-state index in [1.165, 1.54) is 0 Å². The van der Waals surface area contributed by atoms with Gasteiger partial charge in [0.1, 0.15) is 0 Å². The first-order chi connectivity index (χ1) is 2.00. The number of rotatable bonds is 0. The quantitative estimate of drug-likeness (QED) is 0.384. The summed E-state index contributed by atoms with van der Waals surface area (Å²) >= 11 is 2.77. The van der Waals surface area contributed by atoms with Crippen LogP contribution in [0.15, 0.2) is 0 Å². The van der Waals surface area contributed by atoms with Gasteiger partial charge in [-0.2, -0.15) is 0 Å². The molecule has 0 N–H and O–H groups in total. The van der Waals surface area contributed by atoms with E-state index in [9.17, 15) is 0 Å². The second-order valence-corrected chi connectivity index (χ2v) is 13.9. The Kier molecular flexibility index (Phi) is 2.02. The molecule has 0 aliphatic carbocycles. The molecule has 0 fully saturated rings. The zero-order valence-corrected chi connectivity index (χ0v) is 6.59. The first-order valence-electron chi connectivity index (χ1n) is 1.68. The molecule has 0 amide bonds. The second kappa shape index (κ2) is 1.67. The maximum absolute atomic E-state index is 2.77. The fraction of sp³-hybridized carbons (Fsp3) is 1.00. The van der Waals surface area contributed by atoms with Gasteiger partial charge in [0.2, 0.25) is 0 Å². The van der Waals surface area contributed by atoms with Gasteiger partial charge in [-0.05, 0) is 0 Å². The molecule has 0 aliphatic rings. The summed E-state index contributed by atoms with van der Waals surface area (Å²) in [6, 6.07) is 0. The van der Waals surface area contributed by atoms with Crippen molar-refractivity contribution in [1.82, 2.24) is 0 Å². The molecule has 0 aromatic rings. The molecule has 0 saturated heterocycles. The molecule has 5 heavy (non-hydrogen) atoms. The molecule has 0 heterocycles. The number of hydrogen-bond donors (Lipinski definition) is 0. The summed E-state index contributed by atoms with van der Waals surface area (Å²) in [5.41, 5.74) is -0.681. The molecular weight excluding hydrogens is 168 g/mol. The van der Waals surface area contributed by atoms with Gasteiger partial charge in [0, 0.05) is 0 Å². The molecule has 0 rings (SSSR count). The van der Waals surface area contributed by atoms with Crippen molar-refractivity contribution in [3.63, 3.8) is 0 Å². The SMILES string of the molecule is C[PH](C)(C)[Ru]. The zero-order chi connectivity index (χ0) is 4.50. The molecule has 0 aromatic heterocycles. The van der Waals surface area contributed by atoms with Crippen LogP contribution in [-0.4, -0.2) is 20.0 Å². The van der Waals surface area contributed by atoms with Gasteiger partial charge < -0.3 is 0 Å². The summed E-state index contributed by atoms with van der Waals surface area (Å²) < 4.78 is 0. The Morgan fingerprint density at radius 1 is 1.20 bits per heavy atom. The molecule has 0 nitrogen and oxygen atoms in total. The van der Waals surface area contributed by atoms with Crippen LogP contribution in [0.4, 0.5) is 0 Å². The molecule has 0 saturated carbocycles. The number of hydrogen-bond acceptors (Lipinski definition) is 0. The van der Waals surface area contributed by atoms with Crippen LogP contribution in [0.5, 0.6) is 0 Å². The van der Waals surface area contributed by atoms with Crippen molar-refractivity contribution >= 4 is 5.59 Å². The Bertz CT molecular complexity index is 22.4. The van der Waals surface area contributed by atoms with Gasteiger partial charge in [0.05, 0.1) is 0 Å². The summed E-state index contributed by atoms with van der Waals surface area (Å²) in [6.45, 7) is 6.89. The van der Waals surface area contributed by atoms with Crippen LogP contribution in [0.2, 0.25) is 0 Å². The molecule has 0 aromatic carbocycles. The topological polar surface area (TPSA) is 0 Å². The minimum absolute atomic E-state index is 0.681. The van der Waals surface area contributed by atoms with Gasteiger partial charge in [-0.1, -0.05) is 0 Å². The third-order valence-electron chi connectivity index (χ3n) is 0. The summed E-state index contributed by atoms with van der Waals surface area (Å²) in [6.07, 6.45) is 0. The summed E-state index contributed by atoms with van der Waals surface area (Å²) in [5, 5.41) is 0.